The first-order chi connectivity index (χ1) is 9.08. The molecule has 0 aromatic heterocycles. The Kier molecular flexibility index (Phi) is 2.78. The molecule has 2 saturated carbocycles. The molecule has 2 aliphatic carbocycles. The maximum absolute atomic E-state index is 13.6. The smallest absolute Gasteiger partial charge is 0.227 e. The van der Waals surface area contributed by atoms with Crippen molar-refractivity contribution in [2.24, 2.45) is 17.8 Å². The van der Waals surface area contributed by atoms with Crippen LogP contribution in [0.5, 0.6) is 0 Å². The average Bonchev–Trinajstić information content (AvgIpc) is 3.01. The molecule has 1 N–H and O–H groups in total. The number of rotatable bonds is 2. The van der Waals surface area contributed by atoms with Crippen LogP contribution in [0.25, 0.3) is 0 Å². The van der Waals surface area contributed by atoms with Gasteiger partial charge in [0.25, 0.3) is 0 Å². The molecule has 2 aliphatic rings. The largest absolute Gasteiger partial charge is 0.325 e. The predicted octanol–water partition coefficient (Wildman–Crippen LogP) is 2.99. The van der Waals surface area contributed by atoms with Crippen LogP contribution >= 0.6 is 0 Å². The van der Waals surface area contributed by atoms with Crippen LogP contribution in [-0.2, 0) is 4.79 Å². The molecule has 2 atom stereocenters. The van der Waals surface area contributed by atoms with E-state index in [4.69, 9.17) is 5.26 Å². The van der Waals surface area contributed by atoms with Crippen molar-refractivity contribution in [3.63, 3.8) is 0 Å². The van der Waals surface area contributed by atoms with Crippen molar-refractivity contribution in [3.8, 4) is 6.07 Å². The Morgan fingerprint density at radius 1 is 1.37 bits per heavy atom. The molecule has 2 unspecified atom stereocenters. The lowest BCUT2D eigenvalue weighted by atomic mass is 10.0. The van der Waals surface area contributed by atoms with Crippen molar-refractivity contribution >= 4 is 11.6 Å². The molecule has 0 aliphatic heterocycles. The number of nitriles is 1. The van der Waals surface area contributed by atoms with E-state index in [9.17, 15) is 9.18 Å². The SMILES string of the molecule is Cc1c(F)cc(C#N)cc1NC(=O)C1CC2CC2C1. The van der Waals surface area contributed by atoms with Gasteiger partial charge in [-0.25, -0.2) is 4.39 Å². The highest BCUT2D eigenvalue weighted by Crippen LogP contribution is 2.54. The van der Waals surface area contributed by atoms with E-state index in [-0.39, 0.29) is 17.4 Å². The van der Waals surface area contributed by atoms with Crippen LogP contribution in [0.1, 0.15) is 30.4 Å². The molecule has 19 heavy (non-hydrogen) atoms. The zero-order chi connectivity index (χ0) is 13.6. The van der Waals surface area contributed by atoms with E-state index in [1.54, 1.807) is 6.92 Å². The summed E-state index contributed by atoms with van der Waals surface area (Å²) >= 11 is 0. The van der Waals surface area contributed by atoms with Crippen LogP contribution in [0.3, 0.4) is 0 Å². The van der Waals surface area contributed by atoms with Gasteiger partial charge in [0.05, 0.1) is 11.6 Å². The number of hydrogen-bond acceptors (Lipinski definition) is 2. The van der Waals surface area contributed by atoms with Gasteiger partial charge < -0.3 is 5.32 Å². The van der Waals surface area contributed by atoms with Crippen molar-refractivity contribution in [3.05, 3.63) is 29.1 Å². The van der Waals surface area contributed by atoms with Crippen molar-refractivity contribution in [2.75, 3.05) is 5.32 Å². The quantitative estimate of drug-likeness (QED) is 0.886. The number of hydrogen-bond donors (Lipinski definition) is 1. The van der Waals surface area contributed by atoms with E-state index >= 15 is 0 Å². The zero-order valence-electron chi connectivity index (χ0n) is 10.7. The number of halogens is 1. The second-order valence-corrected chi connectivity index (χ2v) is 5.66. The summed E-state index contributed by atoms with van der Waals surface area (Å²) in [5.41, 5.74) is 1.03. The fourth-order valence-electron chi connectivity index (χ4n) is 3.04. The van der Waals surface area contributed by atoms with Crippen LogP contribution in [0, 0.1) is 41.8 Å². The molecule has 1 aromatic rings. The normalized spacial score (nSPS) is 27.5. The first kappa shape index (κ1) is 12.2. The summed E-state index contributed by atoms with van der Waals surface area (Å²) in [6.45, 7) is 1.61. The molecular weight excluding hydrogens is 243 g/mol. The van der Waals surface area contributed by atoms with Crippen molar-refractivity contribution in [2.45, 2.75) is 26.2 Å². The number of nitrogens with zero attached hydrogens (tertiary/aromatic N) is 1. The fourth-order valence-corrected chi connectivity index (χ4v) is 3.04. The van der Waals surface area contributed by atoms with Gasteiger partial charge in [0.15, 0.2) is 0 Å². The minimum atomic E-state index is -0.455. The molecule has 98 valence electrons. The number of carbonyl (C=O) groups is 1. The number of anilines is 1. The molecule has 0 radical (unpaired) electrons. The molecule has 4 heteroatoms. The summed E-state index contributed by atoms with van der Waals surface area (Å²) in [5, 5.41) is 11.6. The van der Waals surface area contributed by atoms with Gasteiger partial charge in [0.2, 0.25) is 5.91 Å². The molecule has 0 saturated heterocycles. The van der Waals surface area contributed by atoms with Gasteiger partial charge in [0.1, 0.15) is 5.82 Å². The molecular formula is C15H15FN2O. The third-order valence-electron chi connectivity index (χ3n) is 4.35. The van der Waals surface area contributed by atoms with Crippen molar-refractivity contribution < 1.29 is 9.18 Å². The third-order valence-corrected chi connectivity index (χ3v) is 4.35. The first-order valence-corrected chi connectivity index (χ1v) is 6.59. The number of nitrogens with one attached hydrogen (secondary N) is 1. The Bertz CT molecular complexity index is 581. The van der Waals surface area contributed by atoms with E-state index in [1.807, 2.05) is 6.07 Å². The number of benzene rings is 1. The minimum Gasteiger partial charge on any atom is -0.325 e. The molecule has 1 amide bonds. The topological polar surface area (TPSA) is 52.9 Å². The number of carbonyl (C=O) groups excluding carboxylic acids is 1. The van der Waals surface area contributed by atoms with Crippen molar-refractivity contribution in [1.29, 1.82) is 5.26 Å². The third kappa shape index (κ3) is 2.21. The van der Waals surface area contributed by atoms with Gasteiger partial charge in [-0.1, -0.05) is 0 Å². The molecule has 0 spiro atoms. The summed E-state index contributed by atoms with van der Waals surface area (Å²) < 4.78 is 13.6. The van der Waals surface area contributed by atoms with Crippen LogP contribution in [0.15, 0.2) is 12.1 Å². The highest BCUT2D eigenvalue weighted by molar-refractivity contribution is 5.93. The van der Waals surface area contributed by atoms with E-state index in [1.165, 1.54) is 18.6 Å². The Morgan fingerprint density at radius 3 is 2.68 bits per heavy atom. The first-order valence-electron chi connectivity index (χ1n) is 6.59. The van der Waals surface area contributed by atoms with Gasteiger partial charge in [-0.05, 0) is 50.2 Å². The van der Waals surface area contributed by atoms with E-state index in [0.717, 1.165) is 24.7 Å². The Balaban J connectivity index is 1.77. The lowest BCUT2D eigenvalue weighted by molar-refractivity contribution is -0.120. The van der Waals surface area contributed by atoms with Crippen LogP contribution < -0.4 is 5.32 Å². The second-order valence-electron chi connectivity index (χ2n) is 5.66. The lowest BCUT2D eigenvalue weighted by Gasteiger charge is -2.14. The fraction of sp³-hybridized carbons (Fsp3) is 0.467. The highest BCUT2D eigenvalue weighted by Gasteiger charge is 2.48. The van der Waals surface area contributed by atoms with E-state index in [2.05, 4.69) is 5.32 Å². The van der Waals surface area contributed by atoms with Crippen LogP contribution in [0.2, 0.25) is 0 Å². The average molecular weight is 258 g/mol. The van der Waals surface area contributed by atoms with E-state index < -0.39 is 5.82 Å². The molecule has 0 heterocycles. The minimum absolute atomic E-state index is 0.0372. The van der Waals surface area contributed by atoms with Gasteiger partial charge >= 0.3 is 0 Å². The van der Waals surface area contributed by atoms with Crippen LogP contribution in [0.4, 0.5) is 10.1 Å². The summed E-state index contributed by atoms with van der Waals surface area (Å²) in [6, 6.07) is 4.62. The van der Waals surface area contributed by atoms with Gasteiger partial charge in [0, 0.05) is 17.2 Å². The summed E-state index contributed by atoms with van der Waals surface area (Å²) in [5.74, 6) is 1.03. The Morgan fingerprint density at radius 2 is 2.05 bits per heavy atom. The molecule has 0 bridgehead atoms. The Hall–Kier alpha value is -1.89. The maximum atomic E-state index is 13.6. The van der Waals surface area contributed by atoms with Gasteiger partial charge in [-0.3, -0.25) is 4.79 Å². The van der Waals surface area contributed by atoms with Gasteiger partial charge in [-0.15, -0.1) is 0 Å². The monoisotopic (exact) mass is 258 g/mol. The predicted molar refractivity (Wildman–Crippen MR) is 68.8 cm³/mol. The lowest BCUT2D eigenvalue weighted by Crippen LogP contribution is -2.22. The Labute approximate surface area is 111 Å². The molecule has 3 rings (SSSR count). The van der Waals surface area contributed by atoms with Gasteiger partial charge in [-0.2, -0.15) is 5.26 Å². The highest BCUT2D eigenvalue weighted by atomic mass is 19.1. The van der Waals surface area contributed by atoms with Crippen molar-refractivity contribution in [1.82, 2.24) is 0 Å². The summed E-state index contributed by atoms with van der Waals surface area (Å²) in [7, 11) is 0. The standard InChI is InChI=1S/C15H15FN2O/c1-8-13(16)2-9(7-17)3-14(8)18-15(19)12-5-10-4-11(10)6-12/h2-3,10-12H,4-6H2,1H3,(H,18,19). The maximum Gasteiger partial charge on any atom is 0.227 e. The number of amides is 1. The van der Waals surface area contributed by atoms with E-state index in [0.29, 0.717) is 11.3 Å². The molecule has 2 fully saturated rings. The summed E-state index contributed by atoms with van der Waals surface area (Å²) in [4.78, 5) is 12.1. The summed E-state index contributed by atoms with van der Waals surface area (Å²) in [6.07, 6.45) is 3.17. The second kappa shape index (κ2) is 4.34. The van der Waals surface area contributed by atoms with Crippen LogP contribution in [-0.4, -0.2) is 5.91 Å². The zero-order valence-corrected chi connectivity index (χ0v) is 10.7. The molecule has 1 aromatic carbocycles. The number of fused-ring (bicyclic) bond motifs is 1. The molecule has 3 nitrogen and oxygen atoms in total.